The predicted octanol–water partition coefficient (Wildman–Crippen LogP) is 1.22. The van der Waals surface area contributed by atoms with E-state index in [9.17, 15) is 4.39 Å². The van der Waals surface area contributed by atoms with Crippen molar-refractivity contribution in [2.45, 2.75) is 0 Å². The molecule has 0 saturated heterocycles. The highest BCUT2D eigenvalue weighted by molar-refractivity contribution is 6.02. The topological polar surface area (TPSA) is 24.4 Å². The van der Waals surface area contributed by atoms with Gasteiger partial charge in [0, 0.05) is 13.1 Å². The van der Waals surface area contributed by atoms with Crippen LogP contribution in [-0.4, -0.2) is 25.3 Å². The third-order valence-corrected chi connectivity index (χ3v) is 2.06. The molecule has 0 radical (unpaired) electrons. The van der Waals surface area contributed by atoms with Gasteiger partial charge in [0.25, 0.3) is 0 Å². The molecule has 0 unspecified atom stereocenters. The minimum absolute atomic E-state index is 0.201. The van der Waals surface area contributed by atoms with Crippen molar-refractivity contribution >= 4 is 5.71 Å². The maximum atomic E-state index is 12.6. The number of benzene rings is 1. The van der Waals surface area contributed by atoms with Gasteiger partial charge < -0.3 is 5.32 Å². The molecule has 3 heteroatoms. The fourth-order valence-electron chi connectivity index (χ4n) is 1.37. The summed E-state index contributed by atoms with van der Waals surface area (Å²) >= 11 is 0. The third-order valence-electron chi connectivity index (χ3n) is 2.06. The molecule has 0 aliphatic carbocycles. The molecule has 0 bridgehead atoms. The monoisotopic (exact) mass is 178 g/mol. The number of nitrogens with one attached hydrogen (secondary N) is 1. The lowest BCUT2D eigenvalue weighted by Gasteiger charge is -2.13. The summed E-state index contributed by atoms with van der Waals surface area (Å²) in [5.74, 6) is -0.201. The summed E-state index contributed by atoms with van der Waals surface area (Å²) in [5.41, 5.74) is 2.03. The van der Waals surface area contributed by atoms with Crippen LogP contribution in [0.3, 0.4) is 0 Å². The quantitative estimate of drug-likeness (QED) is 0.687. The van der Waals surface area contributed by atoms with E-state index in [1.807, 2.05) is 0 Å². The zero-order chi connectivity index (χ0) is 9.10. The summed E-state index contributed by atoms with van der Waals surface area (Å²) in [6.07, 6.45) is 0. The average molecular weight is 178 g/mol. The van der Waals surface area contributed by atoms with Crippen LogP contribution in [0.4, 0.5) is 4.39 Å². The van der Waals surface area contributed by atoms with Crippen LogP contribution in [0.2, 0.25) is 0 Å². The van der Waals surface area contributed by atoms with Gasteiger partial charge in [0.1, 0.15) is 5.82 Å². The Bertz CT molecular complexity index is 316. The lowest BCUT2D eigenvalue weighted by atomic mass is 10.1. The van der Waals surface area contributed by atoms with Crippen LogP contribution in [0, 0.1) is 5.82 Å². The molecule has 1 aromatic rings. The number of hydrogen-bond acceptors (Lipinski definition) is 2. The smallest absolute Gasteiger partial charge is 0.123 e. The van der Waals surface area contributed by atoms with E-state index in [0.717, 1.165) is 30.9 Å². The van der Waals surface area contributed by atoms with Crippen LogP contribution >= 0.6 is 0 Å². The van der Waals surface area contributed by atoms with Crippen LogP contribution < -0.4 is 5.32 Å². The molecule has 0 aromatic heterocycles. The van der Waals surface area contributed by atoms with E-state index >= 15 is 0 Å². The van der Waals surface area contributed by atoms with Gasteiger partial charge in [-0.15, -0.1) is 0 Å². The minimum Gasteiger partial charge on any atom is -0.309 e. The van der Waals surface area contributed by atoms with Crippen molar-refractivity contribution < 1.29 is 4.39 Å². The molecule has 1 heterocycles. The van der Waals surface area contributed by atoms with Gasteiger partial charge >= 0.3 is 0 Å². The molecule has 68 valence electrons. The Labute approximate surface area is 76.5 Å². The number of hydrogen-bond donors (Lipinski definition) is 1. The van der Waals surface area contributed by atoms with Gasteiger partial charge in [-0.3, -0.25) is 4.99 Å². The molecule has 2 rings (SSSR count). The highest BCUT2D eigenvalue weighted by atomic mass is 19.1. The summed E-state index contributed by atoms with van der Waals surface area (Å²) in [6, 6.07) is 6.46. The normalized spacial score (nSPS) is 16.8. The van der Waals surface area contributed by atoms with Crippen molar-refractivity contribution in [3.8, 4) is 0 Å². The van der Waals surface area contributed by atoms with Crippen LogP contribution in [0.5, 0.6) is 0 Å². The Kier molecular flexibility index (Phi) is 2.36. The molecule has 1 aromatic carbocycles. The standard InChI is InChI=1S/C10H11FN2/c11-9-3-1-8(2-4-9)10-7-12-5-6-13-10/h1-4,12H,5-7H2. The molecule has 1 aliphatic rings. The van der Waals surface area contributed by atoms with E-state index in [4.69, 9.17) is 0 Å². The molecule has 0 saturated carbocycles. The summed E-state index contributed by atoms with van der Waals surface area (Å²) in [4.78, 5) is 4.36. The first kappa shape index (κ1) is 8.38. The first-order valence-corrected chi connectivity index (χ1v) is 4.36. The average Bonchev–Trinajstić information content (AvgIpc) is 2.20. The SMILES string of the molecule is Fc1ccc(C2=NCCNC2)cc1. The van der Waals surface area contributed by atoms with Crippen molar-refractivity contribution in [2.75, 3.05) is 19.6 Å². The van der Waals surface area contributed by atoms with Gasteiger partial charge in [0.2, 0.25) is 0 Å². The van der Waals surface area contributed by atoms with Crippen molar-refractivity contribution in [1.82, 2.24) is 5.32 Å². The maximum Gasteiger partial charge on any atom is 0.123 e. The van der Waals surface area contributed by atoms with E-state index in [1.54, 1.807) is 12.1 Å². The predicted molar refractivity (Wildman–Crippen MR) is 50.7 cm³/mol. The summed E-state index contributed by atoms with van der Waals surface area (Å²) in [7, 11) is 0. The Morgan fingerprint density at radius 2 is 2.00 bits per heavy atom. The first-order chi connectivity index (χ1) is 6.36. The second-order valence-corrected chi connectivity index (χ2v) is 3.01. The van der Waals surface area contributed by atoms with Gasteiger partial charge in [0.05, 0.1) is 12.3 Å². The molecular weight excluding hydrogens is 167 g/mol. The summed E-state index contributed by atoms with van der Waals surface area (Å²) < 4.78 is 12.6. The van der Waals surface area contributed by atoms with E-state index in [2.05, 4.69) is 10.3 Å². The number of aliphatic imine (C=N–C) groups is 1. The fourth-order valence-corrected chi connectivity index (χ4v) is 1.37. The van der Waals surface area contributed by atoms with E-state index < -0.39 is 0 Å². The number of rotatable bonds is 1. The fraction of sp³-hybridized carbons (Fsp3) is 0.300. The highest BCUT2D eigenvalue weighted by Gasteiger charge is 2.06. The van der Waals surface area contributed by atoms with Crippen LogP contribution in [-0.2, 0) is 0 Å². The maximum absolute atomic E-state index is 12.6. The van der Waals surface area contributed by atoms with Crippen LogP contribution in [0.1, 0.15) is 5.56 Å². The van der Waals surface area contributed by atoms with Gasteiger partial charge in [-0.2, -0.15) is 0 Å². The lowest BCUT2D eigenvalue weighted by Crippen LogP contribution is -2.31. The van der Waals surface area contributed by atoms with E-state index in [0.29, 0.717) is 0 Å². The summed E-state index contributed by atoms with van der Waals surface area (Å²) in [5, 5.41) is 3.22. The molecule has 13 heavy (non-hydrogen) atoms. The Hall–Kier alpha value is -1.22. The van der Waals surface area contributed by atoms with Crippen molar-refractivity contribution in [2.24, 2.45) is 4.99 Å². The molecule has 1 aliphatic heterocycles. The third kappa shape index (κ3) is 1.92. The molecule has 0 atom stereocenters. The van der Waals surface area contributed by atoms with Gasteiger partial charge in [-0.25, -0.2) is 4.39 Å². The van der Waals surface area contributed by atoms with Crippen molar-refractivity contribution in [3.05, 3.63) is 35.6 Å². The molecule has 1 N–H and O–H groups in total. The lowest BCUT2D eigenvalue weighted by molar-refractivity contribution is 0.627. The molecule has 2 nitrogen and oxygen atoms in total. The summed E-state index contributed by atoms with van der Waals surface area (Å²) in [6.45, 7) is 2.53. The first-order valence-electron chi connectivity index (χ1n) is 4.36. The van der Waals surface area contributed by atoms with Gasteiger partial charge in [-0.1, -0.05) is 12.1 Å². The number of nitrogens with zero attached hydrogens (tertiary/aromatic N) is 1. The van der Waals surface area contributed by atoms with Crippen molar-refractivity contribution in [3.63, 3.8) is 0 Å². The van der Waals surface area contributed by atoms with Crippen LogP contribution in [0.15, 0.2) is 29.3 Å². The molecule has 0 amide bonds. The van der Waals surface area contributed by atoms with Gasteiger partial charge in [-0.05, 0) is 17.7 Å². The second kappa shape index (κ2) is 3.66. The molecule has 0 spiro atoms. The Morgan fingerprint density at radius 1 is 1.23 bits per heavy atom. The molecular formula is C10H11FN2. The Morgan fingerprint density at radius 3 is 2.62 bits per heavy atom. The van der Waals surface area contributed by atoms with E-state index in [-0.39, 0.29) is 5.82 Å². The number of halogens is 1. The zero-order valence-electron chi connectivity index (χ0n) is 7.26. The van der Waals surface area contributed by atoms with Crippen molar-refractivity contribution in [1.29, 1.82) is 0 Å². The Balaban J connectivity index is 2.24. The minimum atomic E-state index is -0.201. The molecule has 0 fully saturated rings. The largest absolute Gasteiger partial charge is 0.309 e. The highest BCUT2D eigenvalue weighted by Crippen LogP contribution is 2.05. The second-order valence-electron chi connectivity index (χ2n) is 3.01. The van der Waals surface area contributed by atoms with E-state index in [1.165, 1.54) is 12.1 Å². The van der Waals surface area contributed by atoms with Gasteiger partial charge in [0.15, 0.2) is 0 Å². The zero-order valence-corrected chi connectivity index (χ0v) is 7.26. The van der Waals surface area contributed by atoms with Crippen LogP contribution in [0.25, 0.3) is 0 Å².